The van der Waals surface area contributed by atoms with Gasteiger partial charge in [0.05, 0.1) is 5.69 Å². The average molecular weight is 449 g/mol. The summed E-state index contributed by atoms with van der Waals surface area (Å²) in [6.07, 6.45) is 3.26. The molecule has 0 fully saturated rings. The first-order valence-electron chi connectivity index (χ1n) is 10.8. The summed E-state index contributed by atoms with van der Waals surface area (Å²) in [6.45, 7) is 1.85. The van der Waals surface area contributed by atoms with Gasteiger partial charge in [-0.05, 0) is 47.9 Å². The number of hydrogen-bond donors (Lipinski definition) is 3. The van der Waals surface area contributed by atoms with Gasteiger partial charge in [0.25, 0.3) is 17.5 Å². The molecule has 34 heavy (non-hydrogen) atoms. The number of nitrogens with one attached hydrogen (secondary N) is 4. The van der Waals surface area contributed by atoms with Crippen LogP contribution in [0.15, 0.2) is 91.4 Å². The van der Waals surface area contributed by atoms with Crippen molar-refractivity contribution in [3.63, 3.8) is 0 Å². The fourth-order valence-corrected chi connectivity index (χ4v) is 3.73. The molecule has 5 rings (SSSR count). The highest BCUT2D eigenvalue weighted by molar-refractivity contribution is 6.08. The molecule has 0 bridgehead atoms. The van der Waals surface area contributed by atoms with Crippen LogP contribution in [0.1, 0.15) is 26.3 Å². The summed E-state index contributed by atoms with van der Waals surface area (Å²) in [5.74, 6) is -0.523. The van der Waals surface area contributed by atoms with Gasteiger partial charge in [-0.3, -0.25) is 14.6 Å². The van der Waals surface area contributed by atoms with Gasteiger partial charge in [0.15, 0.2) is 11.8 Å². The SMILES string of the molecule is Cc1ccc(NC(=O)c2ccc(-c3ccccc3)cc2)cc1C(=O)Nc1cnc2[nH+]c[nH]c2c1. The monoisotopic (exact) mass is 448 g/mol. The summed E-state index contributed by atoms with van der Waals surface area (Å²) >= 11 is 0. The molecule has 0 saturated carbocycles. The highest BCUT2D eigenvalue weighted by Gasteiger charge is 2.14. The molecule has 0 atom stereocenters. The number of benzene rings is 3. The number of fused-ring (bicyclic) bond motifs is 1. The van der Waals surface area contributed by atoms with Crippen molar-refractivity contribution in [3.8, 4) is 11.1 Å². The van der Waals surface area contributed by atoms with E-state index in [2.05, 4.69) is 25.6 Å². The van der Waals surface area contributed by atoms with Crippen LogP contribution in [0.5, 0.6) is 0 Å². The van der Waals surface area contributed by atoms with Crippen molar-refractivity contribution in [1.29, 1.82) is 0 Å². The van der Waals surface area contributed by atoms with Crippen LogP contribution in [0.4, 0.5) is 11.4 Å². The molecule has 0 spiro atoms. The molecule has 5 aromatic rings. The second-order valence-electron chi connectivity index (χ2n) is 7.93. The van der Waals surface area contributed by atoms with E-state index in [0.29, 0.717) is 28.1 Å². The Morgan fingerprint density at radius 3 is 2.35 bits per heavy atom. The Balaban J connectivity index is 1.31. The Kier molecular flexibility index (Phi) is 5.58. The summed E-state index contributed by atoms with van der Waals surface area (Å²) in [6, 6.07) is 24.5. The van der Waals surface area contributed by atoms with Crippen molar-refractivity contribution < 1.29 is 14.6 Å². The van der Waals surface area contributed by atoms with Gasteiger partial charge in [-0.2, -0.15) is 0 Å². The van der Waals surface area contributed by atoms with Gasteiger partial charge in [-0.15, -0.1) is 4.98 Å². The summed E-state index contributed by atoms with van der Waals surface area (Å²) in [4.78, 5) is 36.0. The largest absolute Gasteiger partial charge is 0.322 e. The van der Waals surface area contributed by atoms with E-state index in [4.69, 9.17) is 0 Å². The highest BCUT2D eigenvalue weighted by Crippen LogP contribution is 2.21. The Morgan fingerprint density at radius 2 is 1.56 bits per heavy atom. The maximum atomic E-state index is 12.9. The number of aryl methyl sites for hydroxylation is 1. The van der Waals surface area contributed by atoms with Crippen molar-refractivity contribution >= 4 is 34.4 Å². The molecule has 0 aliphatic rings. The van der Waals surface area contributed by atoms with Crippen LogP contribution in [0.25, 0.3) is 22.3 Å². The Labute approximate surface area is 195 Å². The van der Waals surface area contributed by atoms with E-state index in [1.807, 2.05) is 55.5 Å². The van der Waals surface area contributed by atoms with Crippen molar-refractivity contribution in [1.82, 2.24) is 9.97 Å². The van der Waals surface area contributed by atoms with Crippen molar-refractivity contribution in [2.75, 3.05) is 10.6 Å². The molecule has 7 nitrogen and oxygen atoms in total. The topological polar surface area (TPSA) is 101 Å². The summed E-state index contributed by atoms with van der Waals surface area (Å²) in [5, 5.41) is 5.75. The van der Waals surface area contributed by atoms with Gasteiger partial charge in [0.1, 0.15) is 6.20 Å². The number of amides is 2. The van der Waals surface area contributed by atoms with Crippen LogP contribution in [0, 0.1) is 6.92 Å². The van der Waals surface area contributed by atoms with E-state index in [-0.39, 0.29) is 11.8 Å². The molecule has 0 aliphatic carbocycles. The van der Waals surface area contributed by atoms with Crippen LogP contribution in [-0.4, -0.2) is 21.8 Å². The van der Waals surface area contributed by atoms with E-state index >= 15 is 0 Å². The number of H-pyrrole nitrogens is 2. The number of rotatable bonds is 5. The quantitative estimate of drug-likeness (QED) is 0.358. The number of aromatic amines is 2. The smallest absolute Gasteiger partial charge is 0.299 e. The van der Waals surface area contributed by atoms with E-state index in [9.17, 15) is 9.59 Å². The van der Waals surface area contributed by atoms with Gasteiger partial charge in [0.2, 0.25) is 0 Å². The standard InChI is InChI=1S/C27H21N5O2/c1-17-7-12-21(13-23(17)27(34)32-22-14-24-25(28-15-22)30-16-29-24)31-26(33)20-10-8-19(9-11-20)18-5-3-2-4-6-18/h2-16H,1H3,(H,31,33)(H,32,34)(H,28,29,30)/p+1. The minimum atomic E-state index is -0.280. The van der Waals surface area contributed by atoms with Crippen LogP contribution in [0.2, 0.25) is 0 Å². The molecule has 166 valence electrons. The second kappa shape index (κ2) is 8.99. The van der Waals surface area contributed by atoms with E-state index < -0.39 is 0 Å². The lowest BCUT2D eigenvalue weighted by molar-refractivity contribution is -0.347. The second-order valence-corrected chi connectivity index (χ2v) is 7.93. The van der Waals surface area contributed by atoms with Gasteiger partial charge >= 0.3 is 0 Å². The first-order chi connectivity index (χ1) is 16.6. The normalized spacial score (nSPS) is 10.7. The predicted molar refractivity (Wildman–Crippen MR) is 132 cm³/mol. The van der Waals surface area contributed by atoms with Crippen molar-refractivity contribution in [2.24, 2.45) is 0 Å². The summed E-state index contributed by atoms with van der Waals surface area (Å²) in [7, 11) is 0. The van der Waals surface area contributed by atoms with Crippen molar-refractivity contribution in [2.45, 2.75) is 6.92 Å². The number of carbonyl (C=O) groups excluding carboxylic acids is 2. The molecule has 0 aliphatic heterocycles. The maximum Gasteiger partial charge on any atom is 0.299 e. The number of hydrogen-bond acceptors (Lipinski definition) is 3. The Hall–Kier alpha value is -4.78. The minimum Gasteiger partial charge on any atom is -0.322 e. The first kappa shape index (κ1) is 21.1. The highest BCUT2D eigenvalue weighted by atomic mass is 16.2. The van der Waals surface area contributed by atoms with Gasteiger partial charge < -0.3 is 10.6 Å². The Morgan fingerprint density at radius 1 is 0.824 bits per heavy atom. The predicted octanol–water partition coefficient (Wildman–Crippen LogP) is 4.86. The molecule has 0 saturated heterocycles. The molecular weight excluding hydrogens is 426 g/mol. The number of anilines is 2. The molecule has 0 unspecified atom stereocenters. The van der Waals surface area contributed by atoms with Gasteiger partial charge in [-0.1, -0.05) is 48.5 Å². The molecule has 3 aromatic carbocycles. The molecule has 2 aromatic heterocycles. The summed E-state index contributed by atoms with van der Waals surface area (Å²) < 4.78 is 0. The van der Waals surface area contributed by atoms with Crippen LogP contribution in [0.3, 0.4) is 0 Å². The zero-order valence-electron chi connectivity index (χ0n) is 18.4. The Bertz CT molecular complexity index is 1490. The third-order valence-corrected chi connectivity index (χ3v) is 5.58. The number of aromatic nitrogens is 3. The number of pyridine rings is 1. The molecule has 7 heteroatoms. The third kappa shape index (κ3) is 4.40. The average Bonchev–Trinajstić information content (AvgIpc) is 3.34. The fraction of sp³-hybridized carbons (Fsp3) is 0.0370. The lowest BCUT2D eigenvalue weighted by Crippen LogP contribution is -2.16. The van der Waals surface area contributed by atoms with E-state index in [1.165, 1.54) is 0 Å². The molecule has 2 heterocycles. The van der Waals surface area contributed by atoms with Gasteiger partial charge in [0, 0.05) is 22.9 Å². The van der Waals surface area contributed by atoms with Gasteiger partial charge in [-0.25, -0.2) is 4.98 Å². The van der Waals surface area contributed by atoms with Crippen molar-refractivity contribution in [3.05, 3.63) is 108 Å². The molecular formula is C27H22N5O2+. The summed E-state index contributed by atoms with van der Waals surface area (Å²) in [5.41, 5.74) is 6.53. The molecule has 0 radical (unpaired) electrons. The van der Waals surface area contributed by atoms with Crippen LogP contribution < -0.4 is 15.6 Å². The third-order valence-electron chi connectivity index (χ3n) is 5.58. The lowest BCUT2D eigenvalue weighted by atomic mass is 10.0. The number of carbonyl (C=O) groups is 2. The zero-order chi connectivity index (χ0) is 23.5. The minimum absolute atomic E-state index is 0.243. The van der Waals surface area contributed by atoms with E-state index in [0.717, 1.165) is 22.2 Å². The fourth-order valence-electron chi connectivity index (χ4n) is 3.73. The first-order valence-corrected chi connectivity index (χ1v) is 10.8. The number of imidazole rings is 1. The number of nitrogens with zero attached hydrogens (tertiary/aromatic N) is 1. The lowest BCUT2D eigenvalue weighted by Gasteiger charge is -2.11. The molecule has 2 amide bonds. The zero-order valence-corrected chi connectivity index (χ0v) is 18.4. The molecule has 4 N–H and O–H groups in total. The van der Waals surface area contributed by atoms with E-state index in [1.54, 1.807) is 42.9 Å². The van der Waals surface area contributed by atoms with Crippen LogP contribution >= 0.6 is 0 Å². The van der Waals surface area contributed by atoms with Crippen LogP contribution in [-0.2, 0) is 0 Å². The maximum absolute atomic E-state index is 12.9.